The smallest absolute Gasteiger partial charge is 0.238 e. The molecule has 0 aromatic heterocycles. The van der Waals surface area contributed by atoms with Crippen LogP contribution in [0.2, 0.25) is 0 Å². The summed E-state index contributed by atoms with van der Waals surface area (Å²) in [5.74, 6) is 0.206. The van der Waals surface area contributed by atoms with E-state index in [1.165, 1.54) is 12.1 Å². The Hall–Kier alpha value is -2.05. The number of benzene rings is 2. The maximum Gasteiger partial charge on any atom is 0.238 e. The summed E-state index contributed by atoms with van der Waals surface area (Å²) in [7, 11) is -3.73. The summed E-state index contributed by atoms with van der Waals surface area (Å²) in [6, 6.07) is 11.5. The van der Waals surface area contributed by atoms with Gasteiger partial charge in [0, 0.05) is 11.3 Å². The van der Waals surface area contributed by atoms with Gasteiger partial charge in [0.1, 0.15) is 5.75 Å². The van der Waals surface area contributed by atoms with Crippen molar-refractivity contribution in [1.82, 2.24) is 0 Å². The van der Waals surface area contributed by atoms with Crippen LogP contribution in [-0.4, -0.2) is 13.5 Å². The number of aryl methyl sites for hydroxylation is 1. The Kier molecular flexibility index (Phi) is 4.20. The number of hydrogen-bond donors (Lipinski definition) is 3. The van der Waals surface area contributed by atoms with Crippen LogP contribution >= 0.6 is 0 Å². The van der Waals surface area contributed by atoms with E-state index in [4.69, 9.17) is 5.14 Å². The van der Waals surface area contributed by atoms with E-state index in [0.717, 1.165) is 11.1 Å². The summed E-state index contributed by atoms with van der Waals surface area (Å²) in [4.78, 5) is 0.0489. The van der Waals surface area contributed by atoms with Gasteiger partial charge in [-0.1, -0.05) is 18.2 Å². The Morgan fingerprint density at radius 1 is 1.19 bits per heavy atom. The van der Waals surface area contributed by atoms with Crippen LogP contribution in [0, 0.1) is 6.92 Å². The number of aromatic hydroxyl groups is 1. The van der Waals surface area contributed by atoms with Crippen molar-refractivity contribution >= 4 is 15.7 Å². The van der Waals surface area contributed by atoms with Crippen LogP contribution < -0.4 is 10.5 Å². The number of sulfonamides is 1. The van der Waals surface area contributed by atoms with E-state index >= 15 is 0 Å². The van der Waals surface area contributed by atoms with Crippen LogP contribution in [0.1, 0.15) is 24.1 Å². The Bertz CT molecular complexity index is 757. The van der Waals surface area contributed by atoms with E-state index in [9.17, 15) is 13.5 Å². The third kappa shape index (κ3) is 3.74. The Morgan fingerprint density at radius 3 is 2.52 bits per heavy atom. The maximum atomic E-state index is 11.3. The topological polar surface area (TPSA) is 92.4 Å². The summed E-state index contributed by atoms with van der Waals surface area (Å²) in [5.41, 5.74) is 2.33. The summed E-state index contributed by atoms with van der Waals surface area (Å²) in [6.07, 6.45) is 0. The van der Waals surface area contributed by atoms with E-state index in [-0.39, 0.29) is 16.7 Å². The number of nitrogens with one attached hydrogen (secondary N) is 1. The van der Waals surface area contributed by atoms with Crippen molar-refractivity contribution in [3.63, 3.8) is 0 Å². The average Bonchev–Trinajstić information content (AvgIpc) is 2.37. The molecule has 0 saturated carbocycles. The van der Waals surface area contributed by atoms with E-state index in [1.54, 1.807) is 18.2 Å². The molecule has 0 amide bonds. The van der Waals surface area contributed by atoms with Gasteiger partial charge >= 0.3 is 0 Å². The molecule has 0 bridgehead atoms. The van der Waals surface area contributed by atoms with Gasteiger partial charge in [0.2, 0.25) is 10.0 Å². The van der Waals surface area contributed by atoms with Crippen LogP contribution in [0.15, 0.2) is 47.4 Å². The van der Waals surface area contributed by atoms with Gasteiger partial charge in [0.25, 0.3) is 0 Å². The number of hydrogen-bond acceptors (Lipinski definition) is 4. The minimum atomic E-state index is -3.73. The predicted octanol–water partition coefficient (Wildman–Crippen LogP) is 2.52. The molecule has 0 aliphatic rings. The molecular formula is C15H18N2O3S. The highest BCUT2D eigenvalue weighted by molar-refractivity contribution is 7.89. The highest BCUT2D eigenvalue weighted by Crippen LogP contribution is 2.28. The Labute approximate surface area is 124 Å². The van der Waals surface area contributed by atoms with Gasteiger partial charge in [-0.15, -0.1) is 0 Å². The van der Waals surface area contributed by atoms with Gasteiger partial charge in [-0.25, -0.2) is 13.6 Å². The van der Waals surface area contributed by atoms with Crippen LogP contribution in [-0.2, 0) is 10.0 Å². The molecule has 112 valence electrons. The Morgan fingerprint density at radius 2 is 1.90 bits per heavy atom. The highest BCUT2D eigenvalue weighted by atomic mass is 32.2. The number of anilines is 1. The maximum absolute atomic E-state index is 11.3. The van der Waals surface area contributed by atoms with Crippen molar-refractivity contribution in [2.45, 2.75) is 24.8 Å². The quantitative estimate of drug-likeness (QED) is 0.809. The SMILES string of the molecule is Cc1ccc(C(C)Nc2cccc(S(N)(=O)=O)c2)c(O)c1. The number of rotatable bonds is 4. The second kappa shape index (κ2) is 5.75. The first-order valence-corrected chi connectivity index (χ1v) is 8.01. The van der Waals surface area contributed by atoms with Gasteiger partial charge < -0.3 is 10.4 Å². The normalized spacial score (nSPS) is 12.9. The van der Waals surface area contributed by atoms with Crippen molar-refractivity contribution < 1.29 is 13.5 Å². The fourth-order valence-electron chi connectivity index (χ4n) is 2.11. The lowest BCUT2D eigenvalue weighted by molar-refractivity contribution is 0.465. The number of phenolic OH excluding ortho intramolecular Hbond substituents is 1. The first-order valence-electron chi connectivity index (χ1n) is 6.46. The number of phenols is 1. The van der Waals surface area contributed by atoms with E-state index in [1.807, 2.05) is 26.0 Å². The van der Waals surface area contributed by atoms with Crippen LogP contribution in [0.4, 0.5) is 5.69 Å². The van der Waals surface area contributed by atoms with Crippen molar-refractivity contribution in [2.24, 2.45) is 5.14 Å². The van der Waals surface area contributed by atoms with Crippen molar-refractivity contribution in [2.75, 3.05) is 5.32 Å². The molecule has 0 fully saturated rings. The van der Waals surface area contributed by atoms with E-state index in [0.29, 0.717) is 5.69 Å². The number of primary sulfonamides is 1. The zero-order chi connectivity index (χ0) is 15.6. The molecule has 2 aromatic carbocycles. The minimum absolute atomic E-state index is 0.0489. The molecule has 0 aliphatic heterocycles. The molecule has 0 saturated heterocycles. The van der Waals surface area contributed by atoms with Gasteiger partial charge in [-0.3, -0.25) is 0 Å². The monoisotopic (exact) mass is 306 g/mol. The molecule has 0 radical (unpaired) electrons. The molecule has 5 nitrogen and oxygen atoms in total. The fraction of sp³-hybridized carbons (Fsp3) is 0.200. The predicted molar refractivity (Wildman–Crippen MR) is 82.7 cm³/mol. The second-order valence-corrected chi connectivity index (χ2v) is 6.56. The second-order valence-electron chi connectivity index (χ2n) is 5.00. The van der Waals surface area contributed by atoms with Gasteiger partial charge in [0.05, 0.1) is 10.9 Å². The van der Waals surface area contributed by atoms with Gasteiger partial charge in [-0.2, -0.15) is 0 Å². The average molecular weight is 306 g/mol. The summed E-state index contributed by atoms with van der Waals surface area (Å²) in [5, 5.41) is 18.2. The number of nitrogens with two attached hydrogens (primary N) is 1. The molecule has 6 heteroatoms. The summed E-state index contributed by atoms with van der Waals surface area (Å²) in [6.45, 7) is 3.78. The molecular weight excluding hydrogens is 288 g/mol. The first-order chi connectivity index (χ1) is 9.77. The molecule has 2 rings (SSSR count). The molecule has 1 atom stereocenters. The molecule has 0 heterocycles. The lowest BCUT2D eigenvalue weighted by Crippen LogP contribution is -2.13. The van der Waals surface area contributed by atoms with Gasteiger partial charge in [-0.05, 0) is 43.7 Å². The largest absolute Gasteiger partial charge is 0.508 e. The van der Waals surface area contributed by atoms with Crippen LogP contribution in [0.25, 0.3) is 0 Å². The minimum Gasteiger partial charge on any atom is -0.508 e. The Balaban J connectivity index is 2.25. The lowest BCUT2D eigenvalue weighted by atomic mass is 10.0. The molecule has 21 heavy (non-hydrogen) atoms. The third-order valence-corrected chi connectivity index (χ3v) is 4.11. The van der Waals surface area contributed by atoms with E-state index < -0.39 is 10.0 Å². The van der Waals surface area contributed by atoms with Crippen LogP contribution in [0.5, 0.6) is 5.75 Å². The molecule has 2 aromatic rings. The first kappa shape index (κ1) is 15.3. The molecule has 0 aliphatic carbocycles. The summed E-state index contributed by atoms with van der Waals surface area (Å²) < 4.78 is 22.7. The van der Waals surface area contributed by atoms with Crippen molar-refractivity contribution in [1.29, 1.82) is 0 Å². The third-order valence-electron chi connectivity index (χ3n) is 3.20. The van der Waals surface area contributed by atoms with Crippen molar-refractivity contribution in [3.8, 4) is 5.75 Å². The lowest BCUT2D eigenvalue weighted by Gasteiger charge is -2.17. The fourth-order valence-corrected chi connectivity index (χ4v) is 2.67. The van der Waals surface area contributed by atoms with E-state index in [2.05, 4.69) is 5.32 Å². The highest BCUT2D eigenvalue weighted by Gasteiger charge is 2.12. The molecule has 4 N–H and O–H groups in total. The standard InChI is InChI=1S/C15H18N2O3S/c1-10-6-7-14(15(18)8-10)11(2)17-12-4-3-5-13(9-12)21(16,19)20/h3-9,11,17-18H,1-2H3,(H2,16,19,20). The zero-order valence-corrected chi connectivity index (χ0v) is 12.7. The van der Waals surface area contributed by atoms with Gasteiger partial charge in [0.15, 0.2) is 0 Å². The summed E-state index contributed by atoms with van der Waals surface area (Å²) >= 11 is 0. The molecule has 1 unspecified atom stereocenters. The van der Waals surface area contributed by atoms with Crippen molar-refractivity contribution in [3.05, 3.63) is 53.6 Å². The van der Waals surface area contributed by atoms with Crippen LogP contribution in [0.3, 0.4) is 0 Å². The molecule has 0 spiro atoms. The zero-order valence-electron chi connectivity index (χ0n) is 11.9.